The topological polar surface area (TPSA) is 17.8 Å². The zero-order valence-electron chi connectivity index (χ0n) is 11.8. The molecule has 19 heavy (non-hydrogen) atoms. The van der Waals surface area contributed by atoms with Gasteiger partial charge >= 0.3 is 0 Å². The fourth-order valence-electron chi connectivity index (χ4n) is 2.67. The van der Waals surface area contributed by atoms with Crippen LogP contribution in [-0.2, 0) is 0 Å². The van der Waals surface area contributed by atoms with Crippen LogP contribution < -0.4 is 0 Å². The fraction of sp³-hybridized carbons (Fsp3) is 0.533. The van der Waals surface area contributed by atoms with Crippen LogP contribution in [0, 0.1) is 5.92 Å². The van der Waals surface area contributed by atoms with Gasteiger partial charge < -0.3 is 4.57 Å². The first-order chi connectivity index (χ1) is 8.95. The molecule has 0 amide bonds. The molecule has 0 fully saturated rings. The standard InChI is InChI=1S/C15H20Cl2N2/c1-5-13(9(2)3)19-14-8-11(17)6-7-12(14)18-15(19)10(4)16/h6-10,13H,5H2,1-4H3. The van der Waals surface area contributed by atoms with Crippen LogP contribution in [-0.4, -0.2) is 9.55 Å². The number of aromatic nitrogens is 2. The van der Waals surface area contributed by atoms with Gasteiger partial charge in [0.2, 0.25) is 0 Å². The normalized spacial score (nSPS) is 15.1. The molecule has 2 rings (SSSR count). The number of hydrogen-bond donors (Lipinski definition) is 0. The molecule has 1 heterocycles. The van der Waals surface area contributed by atoms with Crippen molar-refractivity contribution in [3.05, 3.63) is 29.0 Å². The number of hydrogen-bond acceptors (Lipinski definition) is 1. The third-order valence-electron chi connectivity index (χ3n) is 3.55. The Balaban J connectivity index is 2.73. The average molecular weight is 299 g/mol. The number of benzene rings is 1. The van der Waals surface area contributed by atoms with Crippen LogP contribution in [0.2, 0.25) is 5.02 Å². The molecule has 0 radical (unpaired) electrons. The molecule has 104 valence electrons. The van der Waals surface area contributed by atoms with E-state index >= 15 is 0 Å². The van der Waals surface area contributed by atoms with Gasteiger partial charge in [-0.25, -0.2) is 4.98 Å². The SMILES string of the molecule is CCC(C(C)C)n1c(C(C)Cl)nc2ccc(Cl)cc21. The van der Waals surface area contributed by atoms with E-state index in [2.05, 4.69) is 30.3 Å². The van der Waals surface area contributed by atoms with Crippen molar-refractivity contribution in [2.24, 2.45) is 5.92 Å². The summed E-state index contributed by atoms with van der Waals surface area (Å²) in [6, 6.07) is 6.21. The summed E-state index contributed by atoms with van der Waals surface area (Å²) in [4.78, 5) is 4.68. The molecule has 1 aromatic heterocycles. The summed E-state index contributed by atoms with van der Waals surface area (Å²) in [6.45, 7) is 8.62. The van der Waals surface area contributed by atoms with Gasteiger partial charge in [0.05, 0.1) is 16.4 Å². The Bertz CT molecular complexity index is 573. The predicted molar refractivity (Wildman–Crippen MR) is 83.2 cm³/mol. The highest BCUT2D eigenvalue weighted by Gasteiger charge is 2.22. The zero-order valence-corrected chi connectivity index (χ0v) is 13.3. The summed E-state index contributed by atoms with van der Waals surface area (Å²) >= 11 is 12.4. The Hall–Kier alpha value is -0.730. The quantitative estimate of drug-likeness (QED) is 0.672. The molecule has 0 saturated heterocycles. The lowest BCUT2D eigenvalue weighted by atomic mass is 10.0. The minimum absolute atomic E-state index is 0.112. The molecule has 0 aliphatic rings. The van der Waals surface area contributed by atoms with Gasteiger partial charge in [-0.05, 0) is 37.5 Å². The molecular weight excluding hydrogens is 279 g/mol. The van der Waals surface area contributed by atoms with E-state index in [1.54, 1.807) is 0 Å². The largest absolute Gasteiger partial charge is 0.323 e. The first kappa shape index (κ1) is 14.7. The van der Waals surface area contributed by atoms with E-state index in [4.69, 9.17) is 23.2 Å². The number of rotatable bonds is 4. The maximum Gasteiger partial charge on any atom is 0.127 e. The van der Waals surface area contributed by atoms with Crippen LogP contribution in [0.25, 0.3) is 11.0 Å². The third-order valence-corrected chi connectivity index (χ3v) is 3.98. The molecular formula is C15H20Cl2N2. The fourth-order valence-corrected chi connectivity index (χ4v) is 2.99. The van der Waals surface area contributed by atoms with Gasteiger partial charge in [-0.15, -0.1) is 11.6 Å². The lowest BCUT2D eigenvalue weighted by Gasteiger charge is -2.24. The van der Waals surface area contributed by atoms with E-state index in [-0.39, 0.29) is 5.38 Å². The van der Waals surface area contributed by atoms with Crippen molar-refractivity contribution in [2.75, 3.05) is 0 Å². The van der Waals surface area contributed by atoms with Crippen LogP contribution >= 0.6 is 23.2 Å². The van der Waals surface area contributed by atoms with E-state index in [9.17, 15) is 0 Å². The number of fused-ring (bicyclic) bond motifs is 1. The molecule has 1 aromatic carbocycles. The first-order valence-corrected chi connectivity index (χ1v) is 7.58. The second-order valence-corrected chi connectivity index (χ2v) is 6.40. The van der Waals surface area contributed by atoms with Crippen LogP contribution in [0.4, 0.5) is 0 Å². The van der Waals surface area contributed by atoms with Gasteiger partial charge in [-0.2, -0.15) is 0 Å². The Labute approximate surface area is 124 Å². The molecule has 2 aromatic rings. The summed E-state index contributed by atoms with van der Waals surface area (Å²) in [5.74, 6) is 1.45. The maximum atomic E-state index is 6.31. The molecule has 0 aliphatic heterocycles. The number of imidazole rings is 1. The monoisotopic (exact) mass is 298 g/mol. The zero-order chi connectivity index (χ0) is 14.2. The molecule has 0 spiro atoms. The van der Waals surface area contributed by atoms with Crippen molar-refractivity contribution >= 4 is 34.2 Å². The number of nitrogens with zero attached hydrogens (tertiary/aromatic N) is 2. The Morgan fingerprint density at radius 3 is 2.47 bits per heavy atom. The molecule has 4 heteroatoms. The second kappa shape index (κ2) is 5.72. The molecule has 2 nitrogen and oxygen atoms in total. The summed E-state index contributed by atoms with van der Waals surface area (Å²) in [6.07, 6.45) is 1.05. The summed E-state index contributed by atoms with van der Waals surface area (Å²) < 4.78 is 2.27. The Morgan fingerprint density at radius 2 is 1.95 bits per heavy atom. The van der Waals surface area contributed by atoms with E-state index in [1.807, 2.05) is 25.1 Å². The molecule has 2 unspecified atom stereocenters. The minimum Gasteiger partial charge on any atom is -0.323 e. The van der Waals surface area contributed by atoms with Gasteiger partial charge in [0.15, 0.2) is 0 Å². The molecule has 0 bridgehead atoms. The highest BCUT2D eigenvalue weighted by molar-refractivity contribution is 6.31. The van der Waals surface area contributed by atoms with Gasteiger partial charge in [0.1, 0.15) is 5.82 Å². The van der Waals surface area contributed by atoms with Crippen LogP contribution in [0.15, 0.2) is 18.2 Å². The maximum absolute atomic E-state index is 6.31. The third kappa shape index (κ3) is 2.75. The highest BCUT2D eigenvalue weighted by atomic mass is 35.5. The lowest BCUT2D eigenvalue weighted by molar-refractivity contribution is 0.364. The predicted octanol–water partition coefficient (Wildman–Crippen LogP) is 5.60. The van der Waals surface area contributed by atoms with Crippen molar-refractivity contribution in [3.8, 4) is 0 Å². The Kier molecular flexibility index (Phi) is 4.42. The number of alkyl halides is 1. The van der Waals surface area contributed by atoms with E-state index in [1.165, 1.54) is 0 Å². The lowest BCUT2D eigenvalue weighted by Crippen LogP contribution is -2.17. The van der Waals surface area contributed by atoms with Crippen LogP contribution in [0.5, 0.6) is 0 Å². The minimum atomic E-state index is -0.112. The second-order valence-electron chi connectivity index (χ2n) is 5.31. The van der Waals surface area contributed by atoms with Crippen molar-refractivity contribution in [2.45, 2.75) is 45.5 Å². The summed E-state index contributed by atoms with van der Waals surface area (Å²) in [5.41, 5.74) is 2.04. The van der Waals surface area contributed by atoms with Crippen molar-refractivity contribution in [1.29, 1.82) is 0 Å². The summed E-state index contributed by atoms with van der Waals surface area (Å²) in [5, 5.41) is 0.625. The van der Waals surface area contributed by atoms with E-state index in [0.717, 1.165) is 28.3 Å². The van der Waals surface area contributed by atoms with Gasteiger partial charge in [-0.3, -0.25) is 0 Å². The average Bonchev–Trinajstić information content (AvgIpc) is 2.69. The number of halogens is 2. The summed E-state index contributed by atoms with van der Waals surface area (Å²) in [7, 11) is 0. The molecule has 0 aliphatic carbocycles. The smallest absolute Gasteiger partial charge is 0.127 e. The van der Waals surface area contributed by atoms with Crippen LogP contribution in [0.1, 0.15) is 51.4 Å². The van der Waals surface area contributed by atoms with E-state index in [0.29, 0.717) is 12.0 Å². The highest BCUT2D eigenvalue weighted by Crippen LogP contribution is 2.33. The van der Waals surface area contributed by atoms with E-state index < -0.39 is 0 Å². The molecule has 2 atom stereocenters. The molecule has 0 N–H and O–H groups in total. The van der Waals surface area contributed by atoms with Gasteiger partial charge in [0.25, 0.3) is 0 Å². The Morgan fingerprint density at radius 1 is 1.26 bits per heavy atom. The van der Waals surface area contributed by atoms with Gasteiger partial charge in [0, 0.05) is 11.1 Å². The molecule has 0 saturated carbocycles. The first-order valence-electron chi connectivity index (χ1n) is 6.77. The van der Waals surface area contributed by atoms with Crippen molar-refractivity contribution < 1.29 is 0 Å². The van der Waals surface area contributed by atoms with Gasteiger partial charge in [-0.1, -0.05) is 32.4 Å². The van der Waals surface area contributed by atoms with Crippen LogP contribution in [0.3, 0.4) is 0 Å². The van der Waals surface area contributed by atoms with Crippen molar-refractivity contribution in [3.63, 3.8) is 0 Å². The van der Waals surface area contributed by atoms with Crippen molar-refractivity contribution in [1.82, 2.24) is 9.55 Å².